The average molecular weight is 437 g/mol. The number of ether oxygens (including phenoxy) is 1. The van der Waals surface area contributed by atoms with Gasteiger partial charge in [0, 0.05) is 34.0 Å². The molecule has 2 aromatic heterocycles. The summed E-state index contributed by atoms with van der Waals surface area (Å²) in [6.07, 6.45) is 7.92. The highest BCUT2D eigenvalue weighted by atomic mass is 32.2. The van der Waals surface area contributed by atoms with Gasteiger partial charge < -0.3 is 10.1 Å². The predicted molar refractivity (Wildman–Crippen MR) is 122 cm³/mol. The summed E-state index contributed by atoms with van der Waals surface area (Å²) >= 11 is 5.15. The van der Waals surface area contributed by atoms with Crippen LogP contribution in [0.2, 0.25) is 0 Å². The molecule has 7 heteroatoms. The van der Waals surface area contributed by atoms with Crippen LogP contribution in [-0.4, -0.2) is 42.8 Å². The number of thioether (sulfide) groups is 1. The van der Waals surface area contributed by atoms with Crippen molar-refractivity contribution in [1.82, 2.24) is 10.2 Å². The molecule has 0 unspecified atom stereocenters. The molecule has 152 valence electrons. The Kier molecular flexibility index (Phi) is 9.43. The molecular formula is C21H28N2O2S3. The van der Waals surface area contributed by atoms with Gasteiger partial charge in [0.25, 0.3) is 0 Å². The van der Waals surface area contributed by atoms with E-state index in [4.69, 9.17) is 4.74 Å². The van der Waals surface area contributed by atoms with E-state index in [1.165, 1.54) is 42.1 Å². The van der Waals surface area contributed by atoms with Crippen LogP contribution in [0.1, 0.15) is 29.0 Å². The molecule has 1 N–H and O–H groups in total. The Morgan fingerprint density at radius 3 is 2.93 bits per heavy atom. The second-order valence-corrected chi connectivity index (χ2v) is 9.76. The molecule has 0 atom stereocenters. The number of piperidine rings is 1. The first kappa shape index (κ1) is 21.4. The van der Waals surface area contributed by atoms with Crippen LogP contribution in [0.15, 0.2) is 41.1 Å². The van der Waals surface area contributed by atoms with Crippen molar-refractivity contribution < 1.29 is 9.53 Å². The molecular weight excluding hydrogens is 408 g/mol. The lowest BCUT2D eigenvalue weighted by Gasteiger charge is -2.25. The van der Waals surface area contributed by atoms with Crippen LogP contribution in [0.3, 0.4) is 0 Å². The minimum Gasteiger partial charge on any atom is -0.489 e. The second-order valence-electron chi connectivity index (χ2n) is 6.74. The number of nitrogens with one attached hydrogen (secondary N) is 1. The van der Waals surface area contributed by atoms with Crippen LogP contribution in [0.5, 0.6) is 5.75 Å². The van der Waals surface area contributed by atoms with Crippen molar-refractivity contribution in [2.45, 2.75) is 31.6 Å². The van der Waals surface area contributed by atoms with Gasteiger partial charge >= 0.3 is 0 Å². The summed E-state index contributed by atoms with van der Waals surface area (Å²) in [4.78, 5) is 17.0. The van der Waals surface area contributed by atoms with Gasteiger partial charge in [-0.05, 0) is 49.5 Å². The molecule has 1 saturated heterocycles. The highest BCUT2D eigenvalue weighted by Gasteiger charge is 2.11. The van der Waals surface area contributed by atoms with Crippen LogP contribution >= 0.6 is 34.4 Å². The number of rotatable bonds is 11. The summed E-state index contributed by atoms with van der Waals surface area (Å²) in [7, 11) is 0. The van der Waals surface area contributed by atoms with E-state index in [0.29, 0.717) is 18.9 Å². The lowest BCUT2D eigenvalue weighted by molar-refractivity contribution is -0.118. The molecule has 0 saturated carbocycles. The van der Waals surface area contributed by atoms with Crippen molar-refractivity contribution in [1.29, 1.82) is 0 Å². The first-order valence-electron chi connectivity index (χ1n) is 9.74. The zero-order valence-electron chi connectivity index (χ0n) is 16.1. The molecule has 0 bridgehead atoms. The number of thiophene rings is 2. The van der Waals surface area contributed by atoms with Crippen LogP contribution in [0.25, 0.3) is 0 Å². The van der Waals surface area contributed by atoms with Crippen molar-refractivity contribution in [3.63, 3.8) is 0 Å². The molecule has 1 aliphatic rings. The van der Waals surface area contributed by atoms with Crippen LogP contribution in [-0.2, 0) is 17.1 Å². The molecule has 4 nitrogen and oxygen atoms in total. The Morgan fingerprint density at radius 1 is 1.21 bits per heavy atom. The standard InChI is InChI=1S/C21H28N2O2S3/c24-21(17-26-16-19-7-6-12-27-19)22-8-2-5-11-25-18-13-20(28-15-18)14-23-9-3-1-4-10-23/h2,5-7,12-13,15H,1,3-4,8-11,14,16-17H2,(H,22,24). The van der Waals surface area contributed by atoms with Gasteiger partial charge in [-0.2, -0.15) is 0 Å². The third-order valence-corrected chi connectivity index (χ3v) is 7.39. The molecule has 3 rings (SSSR count). The summed E-state index contributed by atoms with van der Waals surface area (Å²) in [6.45, 7) is 4.55. The van der Waals surface area contributed by atoms with E-state index in [2.05, 4.69) is 33.1 Å². The Morgan fingerprint density at radius 2 is 2.11 bits per heavy atom. The monoisotopic (exact) mass is 436 g/mol. The summed E-state index contributed by atoms with van der Waals surface area (Å²) in [6, 6.07) is 6.29. The molecule has 28 heavy (non-hydrogen) atoms. The molecule has 2 aromatic rings. The van der Waals surface area contributed by atoms with E-state index < -0.39 is 0 Å². The van der Waals surface area contributed by atoms with Crippen molar-refractivity contribution in [2.24, 2.45) is 0 Å². The SMILES string of the molecule is O=C(CSCc1cccs1)NCC=CCOc1csc(CN2CCCCC2)c1. The van der Waals surface area contributed by atoms with Crippen molar-refractivity contribution in [2.75, 3.05) is 32.0 Å². The first-order valence-corrected chi connectivity index (χ1v) is 12.7. The smallest absolute Gasteiger partial charge is 0.230 e. The number of hydrogen-bond acceptors (Lipinski definition) is 6. The lowest BCUT2D eigenvalue weighted by atomic mass is 10.1. The number of likely N-dealkylation sites (tertiary alicyclic amines) is 1. The number of nitrogens with zero attached hydrogens (tertiary/aromatic N) is 1. The van der Waals surface area contributed by atoms with Crippen LogP contribution in [0, 0.1) is 0 Å². The van der Waals surface area contributed by atoms with E-state index in [1.807, 2.05) is 18.2 Å². The largest absolute Gasteiger partial charge is 0.489 e. The third kappa shape index (κ3) is 7.99. The van der Waals surface area contributed by atoms with E-state index in [-0.39, 0.29) is 5.91 Å². The van der Waals surface area contributed by atoms with E-state index in [0.717, 1.165) is 18.0 Å². The van der Waals surface area contributed by atoms with Gasteiger partial charge in [0.1, 0.15) is 12.4 Å². The maximum atomic E-state index is 11.8. The maximum absolute atomic E-state index is 11.8. The quantitative estimate of drug-likeness (QED) is 0.515. The Balaban J connectivity index is 1.23. The number of hydrogen-bond donors (Lipinski definition) is 1. The fourth-order valence-corrected chi connectivity index (χ4v) is 5.56. The van der Waals surface area contributed by atoms with Crippen LogP contribution in [0.4, 0.5) is 0 Å². The predicted octanol–water partition coefficient (Wildman–Crippen LogP) is 4.78. The minimum atomic E-state index is 0.0762. The van der Waals surface area contributed by atoms with E-state index >= 15 is 0 Å². The summed E-state index contributed by atoms with van der Waals surface area (Å²) in [5.41, 5.74) is 0. The molecule has 0 radical (unpaired) electrons. The van der Waals surface area contributed by atoms with Gasteiger partial charge in [-0.3, -0.25) is 9.69 Å². The van der Waals surface area contributed by atoms with E-state index in [9.17, 15) is 4.79 Å². The summed E-state index contributed by atoms with van der Waals surface area (Å²) < 4.78 is 5.78. The average Bonchev–Trinajstić information content (AvgIpc) is 3.38. The van der Waals surface area contributed by atoms with Gasteiger partial charge in [-0.15, -0.1) is 34.4 Å². The van der Waals surface area contributed by atoms with Crippen LogP contribution < -0.4 is 10.1 Å². The van der Waals surface area contributed by atoms with Crippen molar-refractivity contribution >= 4 is 40.3 Å². The molecule has 1 fully saturated rings. The maximum Gasteiger partial charge on any atom is 0.230 e. The zero-order valence-corrected chi connectivity index (χ0v) is 18.6. The van der Waals surface area contributed by atoms with E-state index in [1.54, 1.807) is 34.4 Å². The third-order valence-electron chi connectivity index (χ3n) is 4.45. The molecule has 0 aromatic carbocycles. The zero-order chi connectivity index (χ0) is 19.4. The first-order chi connectivity index (χ1) is 13.8. The number of amides is 1. The van der Waals surface area contributed by atoms with Crippen molar-refractivity contribution in [3.8, 4) is 5.75 Å². The number of carbonyl (C=O) groups excluding carboxylic acids is 1. The Hall–Kier alpha value is -1.28. The number of carbonyl (C=O) groups is 1. The fourth-order valence-electron chi connectivity index (χ4n) is 3.02. The molecule has 0 aliphatic carbocycles. The highest BCUT2D eigenvalue weighted by Crippen LogP contribution is 2.24. The highest BCUT2D eigenvalue weighted by molar-refractivity contribution is 7.99. The minimum absolute atomic E-state index is 0.0762. The van der Waals surface area contributed by atoms with Gasteiger partial charge in [-0.1, -0.05) is 18.6 Å². The normalized spacial score (nSPS) is 15.1. The lowest BCUT2D eigenvalue weighted by Crippen LogP contribution is -2.28. The van der Waals surface area contributed by atoms with Crippen molar-refractivity contribution in [3.05, 3.63) is 50.9 Å². The Labute approximate surface area is 180 Å². The second kappa shape index (κ2) is 12.3. The molecule has 0 spiro atoms. The summed E-state index contributed by atoms with van der Waals surface area (Å²) in [5.74, 6) is 2.41. The van der Waals surface area contributed by atoms with Gasteiger partial charge in [0.05, 0.1) is 5.75 Å². The molecule has 1 amide bonds. The Bertz CT molecular complexity index is 722. The molecule has 1 aliphatic heterocycles. The summed E-state index contributed by atoms with van der Waals surface area (Å²) in [5, 5.41) is 7.06. The van der Waals surface area contributed by atoms with Gasteiger partial charge in [0.2, 0.25) is 5.91 Å². The molecule has 3 heterocycles. The van der Waals surface area contributed by atoms with Gasteiger partial charge in [-0.25, -0.2) is 0 Å². The van der Waals surface area contributed by atoms with Gasteiger partial charge in [0.15, 0.2) is 0 Å². The topological polar surface area (TPSA) is 41.6 Å². The fraction of sp³-hybridized carbons (Fsp3) is 0.476.